The summed E-state index contributed by atoms with van der Waals surface area (Å²) in [5.41, 5.74) is 0.297. The van der Waals surface area contributed by atoms with Gasteiger partial charge in [0.05, 0.1) is 10.6 Å². The van der Waals surface area contributed by atoms with Crippen molar-refractivity contribution in [1.29, 1.82) is 5.26 Å². The molecule has 1 atom stereocenters. The number of hydrogen-bond donors (Lipinski definition) is 1. The van der Waals surface area contributed by atoms with Crippen LogP contribution in [0.15, 0.2) is 18.2 Å². The van der Waals surface area contributed by atoms with Crippen LogP contribution in [0.5, 0.6) is 0 Å². The number of nitrogens with zero attached hydrogens (tertiary/aromatic N) is 2. The molecule has 2 amide bonds. The van der Waals surface area contributed by atoms with Gasteiger partial charge in [-0.15, -0.1) is 11.8 Å². The van der Waals surface area contributed by atoms with E-state index in [0.717, 1.165) is 0 Å². The van der Waals surface area contributed by atoms with E-state index in [4.69, 9.17) is 21.6 Å². The Morgan fingerprint density at radius 2 is 2.16 bits per heavy atom. The third kappa shape index (κ3) is 5.55. The Balaban J connectivity index is 1.99. The highest BCUT2D eigenvalue weighted by Crippen LogP contribution is 2.24. The number of carbonyl (C=O) groups excluding carboxylic acids is 2. The lowest BCUT2D eigenvalue weighted by Crippen LogP contribution is -2.47. The van der Waals surface area contributed by atoms with E-state index in [0.29, 0.717) is 23.5 Å². The second kappa shape index (κ2) is 7.98. The van der Waals surface area contributed by atoms with E-state index < -0.39 is 16.9 Å². The Hall–Kier alpha value is -1.91. The van der Waals surface area contributed by atoms with Gasteiger partial charge in [-0.1, -0.05) is 11.6 Å². The van der Waals surface area contributed by atoms with Crippen LogP contribution in [-0.4, -0.2) is 46.6 Å². The van der Waals surface area contributed by atoms with Crippen LogP contribution in [0.3, 0.4) is 0 Å². The summed E-state index contributed by atoms with van der Waals surface area (Å²) in [7, 11) is 0. The molecule has 0 saturated carbocycles. The topological polar surface area (TPSA) is 82.4 Å². The van der Waals surface area contributed by atoms with Crippen LogP contribution < -0.4 is 5.32 Å². The van der Waals surface area contributed by atoms with Crippen molar-refractivity contribution in [2.45, 2.75) is 31.6 Å². The molecule has 2 rings (SSSR count). The van der Waals surface area contributed by atoms with Gasteiger partial charge in [-0.05, 0) is 39.0 Å². The molecule has 1 aliphatic rings. The smallest absolute Gasteiger partial charge is 0.410 e. The summed E-state index contributed by atoms with van der Waals surface area (Å²) in [6, 6.07) is 6.69. The summed E-state index contributed by atoms with van der Waals surface area (Å²) in [6.07, 6.45) is -0.410. The average molecular weight is 382 g/mol. The number of nitrogens with one attached hydrogen (secondary N) is 1. The maximum absolute atomic E-state index is 12.5. The molecule has 0 spiro atoms. The van der Waals surface area contributed by atoms with Crippen molar-refractivity contribution in [3.8, 4) is 6.07 Å². The summed E-state index contributed by atoms with van der Waals surface area (Å²) in [6.45, 7) is 6.26. The minimum absolute atomic E-state index is 0.209. The molecule has 1 heterocycles. The standard InChI is InChI=1S/C17H20ClN3O3S/c1-17(2,3)24-16(23)21-6-7-25-14(10-21)15(22)20-12-5-4-11(9-19)13(18)8-12/h4-5,8,14H,6-7,10H2,1-3H3,(H,20,22). The van der Waals surface area contributed by atoms with E-state index >= 15 is 0 Å². The highest BCUT2D eigenvalue weighted by atomic mass is 35.5. The summed E-state index contributed by atoms with van der Waals surface area (Å²) < 4.78 is 5.36. The molecule has 1 aromatic carbocycles. The van der Waals surface area contributed by atoms with Crippen molar-refractivity contribution in [3.63, 3.8) is 0 Å². The van der Waals surface area contributed by atoms with Crippen LogP contribution in [-0.2, 0) is 9.53 Å². The van der Waals surface area contributed by atoms with E-state index in [1.54, 1.807) is 17.0 Å². The molecule has 25 heavy (non-hydrogen) atoms. The highest BCUT2D eigenvalue weighted by Gasteiger charge is 2.31. The van der Waals surface area contributed by atoms with Crippen LogP contribution in [0.1, 0.15) is 26.3 Å². The van der Waals surface area contributed by atoms with Gasteiger partial charge in [0.1, 0.15) is 16.9 Å². The molecule has 1 aromatic rings. The predicted octanol–water partition coefficient (Wildman–Crippen LogP) is 3.50. The van der Waals surface area contributed by atoms with Crippen LogP contribution in [0.2, 0.25) is 5.02 Å². The van der Waals surface area contributed by atoms with Crippen LogP contribution in [0.25, 0.3) is 0 Å². The van der Waals surface area contributed by atoms with E-state index in [1.807, 2.05) is 26.8 Å². The lowest BCUT2D eigenvalue weighted by Gasteiger charge is -2.33. The lowest BCUT2D eigenvalue weighted by molar-refractivity contribution is -0.116. The third-order valence-corrected chi connectivity index (χ3v) is 4.86. The molecule has 0 radical (unpaired) electrons. The minimum Gasteiger partial charge on any atom is -0.444 e. The van der Waals surface area contributed by atoms with E-state index in [2.05, 4.69) is 5.32 Å². The first-order valence-corrected chi connectivity index (χ1v) is 9.22. The largest absolute Gasteiger partial charge is 0.444 e. The zero-order chi connectivity index (χ0) is 18.6. The van der Waals surface area contributed by atoms with Gasteiger partial charge in [0.2, 0.25) is 5.91 Å². The molecule has 1 saturated heterocycles. The fourth-order valence-corrected chi connectivity index (χ4v) is 3.54. The van der Waals surface area contributed by atoms with Gasteiger partial charge in [0.15, 0.2) is 0 Å². The van der Waals surface area contributed by atoms with Crippen molar-refractivity contribution in [2.75, 3.05) is 24.2 Å². The van der Waals surface area contributed by atoms with E-state index in [9.17, 15) is 9.59 Å². The molecule has 6 nitrogen and oxygen atoms in total. The maximum atomic E-state index is 12.5. The van der Waals surface area contributed by atoms with E-state index in [-0.39, 0.29) is 17.5 Å². The monoisotopic (exact) mass is 381 g/mol. The minimum atomic E-state index is -0.571. The molecule has 1 unspecified atom stereocenters. The number of hydrogen-bond acceptors (Lipinski definition) is 5. The SMILES string of the molecule is CC(C)(C)OC(=O)N1CCSC(C(=O)Nc2ccc(C#N)c(Cl)c2)C1. The second-order valence-electron chi connectivity index (χ2n) is 6.58. The summed E-state index contributed by atoms with van der Waals surface area (Å²) in [5.74, 6) is 0.449. The number of thioether (sulfide) groups is 1. The number of amides is 2. The van der Waals surface area contributed by atoms with Gasteiger partial charge in [0, 0.05) is 24.5 Å². The molecular weight excluding hydrogens is 362 g/mol. The van der Waals surface area contributed by atoms with Crippen molar-refractivity contribution in [2.24, 2.45) is 0 Å². The molecule has 134 valence electrons. The predicted molar refractivity (Wildman–Crippen MR) is 98.8 cm³/mol. The third-order valence-electron chi connectivity index (χ3n) is 3.37. The Morgan fingerprint density at radius 3 is 2.76 bits per heavy atom. The van der Waals surface area contributed by atoms with Crippen LogP contribution in [0, 0.1) is 11.3 Å². The molecule has 0 bridgehead atoms. The molecule has 1 aliphatic heterocycles. The first-order chi connectivity index (χ1) is 11.7. The Morgan fingerprint density at radius 1 is 1.44 bits per heavy atom. The summed E-state index contributed by atoms with van der Waals surface area (Å²) in [4.78, 5) is 26.2. The molecule has 0 aromatic heterocycles. The number of benzene rings is 1. The van der Waals surface area contributed by atoms with Crippen molar-refractivity contribution in [3.05, 3.63) is 28.8 Å². The van der Waals surface area contributed by atoms with Gasteiger partial charge in [-0.3, -0.25) is 4.79 Å². The lowest BCUT2D eigenvalue weighted by atomic mass is 10.2. The Bertz CT molecular complexity index is 712. The molecule has 8 heteroatoms. The quantitative estimate of drug-likeness (QED) is 0.847. The molecular formula is C17H20ClN3O3S. The Labute approximate surface area is 156 Å². The summed E-state index contributed by atoms with van der Waals surface area (Å²) >= 11 is 7.47. The van der Waals surface area contributed by atoms with E-state index in [1.165, 1.54) is 17.8 Å². The van der Waals surface area contributed by atoms with Gasteiger partial charge in [-0.2, -0.15) is 5.26 Å². The zero-order valence-electron chi connectivity index (χ0n) is 14.3. The van der Waals surface area contributed by atoms with Gasteiger partial charge >= 0.3 is 6.09 Å². The zero-order valence-corrected chi connectivity index (χ0v) is 15.9. The number of halogens is 1. The number of rotatable bonds is 2. The second-order valence-corrected chi connectivity index (χ2v) is 8.30. The molecule has 1 fully saturated rings. The number of ether oxygens (including phenoxy) is 1. The molecule has 0 aliphatic carbocycles. The van der Waals surface area contributed by atoms with Gasteiger partial charge in [0.25, 0.3) is 0 Å². The first-order valence-electron chi connectivity index (χ1n) is 7.79. The summed E-state index contributed by atoms with van der Waals surface area (Å²) in [5, 5.41) is 11.6. The average Bonchev–Trinajstić information content (AvgIpc) is 2.53. The molecule has 1 N–H and O–H groups in total. The van der Waals surface area contributed by atoms with Gasteiger partial charge in [-0.25, -0.2) is 4.79 Å². The number of carbonyl (C=O) groups is 2. The fourth-order valence-electron chi connectivity index (χ4n) is 2.21. The van der Waals surface area contributed by atoms with Gasteiger partial charge < -0.3 is 15.0 Å². The highest BCUT2D eigenvalue weighted by molar-refractivity contribution is 8.00. The maximum Gasteiger partial charge on any atom is 0.410 e. The van der Waals surface area contributed by atoms with Crippen LogP contribution in [0.4, 0.5) is 10.5 Å². The fraction of sp³-hybridized carbons (Fsp3) is 0.471. The van der Waals surface area contributed by atoms with Crippen molar-refractivity contribution < 1.29 is 14.3 Å². The van der Waals surface area contributed by atoms with Crippen molar-refractivity contribution in [1.82, 2.24) is 4.90 Å². The number of nitriles is 1. The van der Waals surface area contributed by atoms with Crippen molar-refractivity contribution >= 4 is 41.1 Å². The normalized spacial score (nSPS) is 17.6. The Kier molecular flexibility index (Phi) is 6.20. The van der Waals surface area contributed by atoms with Crippen LogP contribution >= 0.6 is 23.4 Å². The first kappa shape index (κ1) is 19.4. The number of anilines is 1.